The van der Waals surface area contributed by atoms with Crippen LogP contribution in [0.1, 0.15) is 25.8 Å². The number of alkyl halides is 3. The second-order valence-electron chi connectivity index (χ2n) is 6.12. The highest BCUT2D eigenvalue weighted by Gasteiger charge is 2.48. The van der Waals surface area contributed by atoms with Gasteiger partial charge in [-0.05, 0) is 24.5 Å². The number of anilines is 1. The van der Waals surface area contributed by atoms with E-state index in [1.165, 1.54) is 18.2 Å². The van der Waals surface area contributed by atoms with Crippen LogP contribution in [0.25, 0.3) is 0 Å². The Hall–Kier alpha value is -2.05. The Morgan fingerprint density at radius 2 is 1.78 bits per heavy atom. The van der Waals surface area contributed by atoms with Gasteiger partial charge in [0, 0.05) is 6.54 Å². The van der Waals surface area contributed by atoms with Crippen molar-refractivity contribution in [3.05, 3.63) is 29.8 Å². The second-order valence-corrected chi connectivity index (χ2v) is 6.12. The minimum Gasteiger partial charge on any atom is -0.356 e. The molecule has 2 N–H and O–H groups in total. The van der Waals surface area contributed by atoms with Gasteiger partial charge in [-0.1, -0.05) is 26.0 Å². The molecule has 0 saturated heterocycles. The topological polar surface area (TPSA) is 58.2 Å². The summed E-state index contributed by atoms with van der Waals surface area (Å²) in [5, 5.41) is 5.02. The van der Waals surface area contributed by atoms with Crippen molar-refractivity contribution in [3.8, 4) is 0 Å². The molecule has 0 heterocycles. The standard InChI is InChI=1S/C16H19F3N2O2/c1-9(2)8-20-14(22)10-7-11(10)15(23)21-13-6-4-3-5-12(13)16(17,18)19/h3-6,9-11H,7-8H2,1-2H3,(H,20,22)(H,21,23). The van der Waals surface area contributed by atoms with E-state index in [2.05, 4.69) is 10.6 Å². The molecule has 7 heteroatoms. The van der Waals surface area contributed by atoms with Crippen LogP contribution >= 0.6 is 0 Å². The monoisotopic (exact) mass is 328 g/mol. The average molecular weight is 328 g/mol. The molecule has 1 fully saturated rings. The Morgan fingerprint density at radius 1 is 1.17 bits per heavy atom. The first-order valence-corrected chi connectivity index (χ1v) is 7.45. The van der Waals surface area contributed by atoms with Gasteiger partial charge in [0.2, 0.25) is 11.8 Å². The van der Waals surface area contributed by atoms with Gasteiger partial charge in [0.15, 0.2) is 0 Å². The Bertz CT molecular complexity index is 599. The zero-order valence-electron chi connectivity index (χ0n) is 12.9. The summed E-state index contributed by atoms with van der Waals surface area (Å²) in [6, 6.07) is 4.80. The Kier molecular flexibility index (Phi) is 4.97. The molecule has 0 aromatic heterocycles. The Morgan fingerprint density at radius 3 is 2.39 bits per heavy atom. The van der Waals surface area contributed by atoms with E-state index in [4.69, 9.17) is 0 Å². The molecule has 1 aliphatic carbocycles. The minimum atomic E-state index is -4.54. The van der Waals surface area contributed by atoms with Crippen molar-refractivity contribution >= 4 is 17.5 Å². The molecule has 2 rings (SSSR count). The smallest absolute Gasteiger partial charge is 0.356 e. The number of carbonyl (C=O) groups excluding carboxylic acids is 2. The highest BCUT2D eigenvalue weighted by Crippen LogP contribution is 2.41. The third-order valence-corrected chi connectivity index (χ3v) is 3.64. The van der Waals surface area contributed by atoms with Gasteiger partial charge in [0.05, 0.1) is 23.1 Å². The van der Waals surface area contributed by atoms with E-state index in [0.717, 1.165) is 6.07 Å². The summed E-state index contributed by atoms with van der Waals surface area (Å²) in [7, 11) is 0. The van der Waals surface area contributed by atoms with Crippen LogP contribution < -0.4 is 10.6 Å². The molecule has 1 aromatic carbocycles. The molecular weight excluding hydrogens is 309 g/mol. The fourth-order valence-corrected chi connectivity index (χ4v) is 2.28. The summed E-state index contributed by atoms with van der Waals surface area (Å²) in [4.78, 5) is 23.9. The van der Waals surface area contributed by atoms with Crippen LogP contribution in [0.3, 0.4) is 0 Å². The average Bonchev–Trinajstić information content (AvgIpc) is 3.24. The quantitative estimate of drug-likeness (QED) is 0.873. The van der Waals surface area contributed by atoms with Gasteiger partial charge < -0.3 is 10.6 Å². The van der Waals surface area contributed by atoms with Crippen molar-refractivity contribution in [1.82, 2.24) is 5.32 Å². The Balaban J connectivity index is 1.96. The molecule has 0 spiro atoms. The van der Waals surface area contributed by atoms with E-state index in [0.29, 0.717) is 18.9 Å². The molecule has 2 unspecified atom stereocenters. The van der Waals surface area contributed by atoms with Crippen LogP contribution in [0.15, 0.2) is 24.3 Å². The van der Waals surface area contributed by atoms with Gasteiger partial charge in [-0.15, -0.1) is 0 Å². The van der Waals surface area contributed by atoms with Gasteiger partial charge >= 0.3 is 6.18 Å². The van der Waals surface area contributed by atoms with Crippen molar-refractivity contribution in [2.45, 2.75) is 26.4 Å². The van der Waals surface area contributed by atoms with Crippen LogP contribution in [-0.2, 0) is 15.8 Å². The molecule has 4 nitrogen and oxygen atoms in total. The van der Waals surface area contributed by atoms with Gasteiger partial charge in [0.25, 0.3) is 0 Å². The molecule has 1 aliphatic rings. The minimum absolute atomic E-state index is 0.219. The third kappa shape index (κ3) is 4.46. The highest BCUT2D eigenvalue weighted by molar-refractivity contribution is 6.00. The maximum Gasteiger partial charge on any atom is 0.418 e. The van der Waals surface area contributed by atoms with Crippen LogP contribution in [-0.4, -0.2) is 18.4 Å². The van der Waals surface area contributed by atoms with Crippen molar-refractivity contribution in [3.63, 3.8) is 0 Å². The van der Waals surface area contributed by atoms with Crippen LogP contribution in [0.5, 0.6) is 0 Å². The largest absolute Gasteiger partial charge is 0.418 e. The molecule has 0 bridgehead atoms. The lowest BCUT2D eigenvalue weighted by molar-refractivity contribution is -0.137. The molecule has 1 saturated carbocycles. The fraction of sp³-hybridized carbons (Fsp3) is 0.500. The first-order valence-electron chi connectivity index (χ1n) is 7.45. The SMILES string of the molecule is CC(C)CNC(=O)C1CC1C(=O)Nc1ccccc1C(F)(F)F. The lowest BCUT2D eigenvalue weighted by Crippen LogP contribution is -2.30. The number of carbonyl (C=O) groups is 2. The van der Waals surface area contributed by atoms with Crippen molar-refractivity contribution in [1.29, 1.82) is 0 Å². The number of benzene rings is 1. The number of amides is 2. The number of para-hydroxylation sites is 1. The summed E-state index contributed by atoms with van der Waals surface area (Å²) in [5.41, 5.74) is -1.17. The van der Waals surface area contributed by atoms with Gasteiger partial charge in [-0.3, -0.25) is 9.59 Å². The summed E-state index contributed by atoms with van der Waals surface area (Å²) in [5.74, 6) is -1.49. The molecule has 1 aromatic rings. The summed E-state index contributed by atoms with van der Waals surface area (Å²) < 4.78 is 38.6. The van der Waals surface area contributed by atoms with Gasteiger partial charge in [0.1, 0.15) is 0 Å². The predicted octanol–water partition coefficient (Wildman–Crippen LogP) is 3.05. The molecule has 126 valence electrons. The van der Waals surface area contributed by atoms with E-state index in [1.807, 2.05) is 13.8 Å². The van der Waals surface area contributed by atoms with E-state index >= 15 is 0 Å². The summed E-state index contributed by atoms with van der Waals surface area (Å²) in [6.07, 6.45) is -4.18. The van der Waals surface area contributed by atoms with Crippen LogP contribution in [0.4, 0.5) is 18.9 Å². The maximum absolute atomic E-state index is 12.9. The van der Waals surface area contributed by atoms with E-state index < -0.39 is 29.5 Å². The molecule has 0 aliphatic heterocycles. The number of hydrogen-bond donors (Lipinski definition) is 2. The molecule has 0 radical (unpaired) electrons. The van der Waals surface area contributed by atoms with Gasteiger partial charge in [-0.2, -0.15) is 13.2 Å². The van der Waals surface area contributed by atoms with Crippen molar-refractivity contribution in [2.24, 2.45) is 17.8 Å². The fourth-order valence-electron chi connectivity index (χ4n) is 2.28. The zero-order valence-corrected chi connectivity index (χ0v) is 12.9. The van der Waals surface area contributed by atoms with E-state index in [9.17, 15) is 22.8 Å². The predicted molar refractivity (Wildman–Crippen MR) is 79.5 cm³/mol. The van der Waals surface area contributed by atoms with Gasteiger partial charge in [-0.25, -0.2) is 0 Å². The lowest BCUT2D eigenvalue weighted by Gasteiger charge is -2.13. The molecule has 2 atom stereocenters. The maximum atomic E-state index is 12.9. The summed E-state index contributed by atoms with van der Waals surface area (Å²) >= 11 is 0. The number of halogens is 3. The normalized spacial score (nSPS) is 20.3. The van der Waals surface area contributed by atoms with Crippen molar-refractivity contribution in [2.75, 3.05) is 11.9 Å². The van der Waals surface area contributed by atoms with Crippen LogP contribution in [0, 0.1) is 17.8 Å². The molecule has 2 amide bonds. The molecule has 23 heavy (non-hydrogen) atoms. The van der Waals surface area contributed by atoms with Crippen molar-refractivity contribution < 1.29 is 22.8 Å². The first kappa shape index (κ1) is 17.3. The van der Waals surface area contributed by atoms with E-state index in [-0.39, 0.29) is 11.6 Å². The lowest BCUT2D eigenvalue weighted by atomic mass is 10.1. The molecular formula is C16H19F3N2O2. The summed E-state index contributed by atoms with van der Waals surface area (Å²) in [6.45, 7) is 4.41. The van der Waals surface area contributed by atoms with E-state index in [1.54, 1.807) is 0 Å². The third-order valence-electron chi connectivity index (χ3n) is 3.64. The number of hydrogen-bond acceptors (Lipinski definition) is 2. The van der Waals surface area contributed by atoms with Crippen LogP contribution in [0.2, 0.25) is 0 Å². The number of rotatable bonds is 5. The second kappa shape index (κ2) is 6.60. The highest BCUT2D eigenvalue weighted by atomic mass is 19.4. The Labute approximate surface area is 132 Å². The number of nitrogens with one attached hydrogen (secondary N) is 2. The first-order chi connectivity index (χ1) is 10.7. The zero-order chi connectivity index (χ0) is 17.2.